The van der Waals surface area contributed by atoms with Crippen molar-refractivity contribution in [2.45, 2.75) is 58.1 Å². The summed E-state index contributed by atoms with van der Waals surface area (Å²) in [5.74, 6) is -0.818. The number of hydrogen-bond donors (Lipinski definition) is 1. The van der Waals surface area contributed by atoms with Gasteiger partial charge in [0.2, 0.25) is 0 Å². The highest BCUT2D eigenvalue weighted by atomic mass is 16.6. The number of rotatable bonds is 3. The third kappa shape index (κ3) is 4.63. The predicted octanol–water partition coefficient (Wildman–Crippen LogP) is 2.25. The van der Waals surface area contributed by atoms with E-state index in [9.17, 15) is 9.59 Å². The molecule has 0 aliphatic carbocycles. The van der Waals surface area contributed by atoms with Gasteiger partial charge >= 0.3 is 12.1 Å². The second-order valence-electron chi connectivity index (χ2n) is 5.40. The quantitative estimate of drug-likeness (QED) is 0.825. The van der Waals surface area contributed by atoms with Gasteiger partial charge in [0.05, 0.1) is 0 Å². The van der Waals surface area contributed by atoms with Crippen LogP contribution in [0.1, 0.15) is 46.5 Å². The first kappa shape index (κ1) is 13.8. The minimum absolute atomic E-state index is 0.0148. The summed E-state index contributed by atoms with van der Waals surface area (Å²) in [6, 6.07) is 0.0148. The van der Waals surface area contributed by atoms with Gasteiger partial charge in [-0.2, -0.15) is 0 Å². The Kier molecular flexibility index (Phi) is 4.37. The molecule has 1 saturated heterocycles. The maximum atomic E-state index is 11.9. The molecule has 0 saturated carbocycles. The lowest BCUT2D eigenvalue weighted by atomic mass is 10.1. The average Bonchev–Trinajstić information content (AvgIpc) is 2.59. The van der Waals surface area contributed by atoms with Crippen molar-refractivity contribution in [3.63, 3.8) is 0 Å². The molecule has 0 bridgehead atoms. The van der Waals surface area contributed by atoms with Crippen LogP contribution in [0.25, 0.3) is 0 Å². The van der Waals surface area contributed by atoms with Crippen molar-refractivity contribution in [2.75, 3.05) is 6.54 Å². The Bertz CT molecular complexity index is 295. The lowest BCUT2D eigenvalue weighted by Gasteiger charge is -2.28. The van der Waals surface area contributed by atoms with Gasteiger partial charge < -0.3 is 14.7 Å². The van der Waals surface area contributed by atoms with Crippen LogP contribution in [0.5, 0.6) is 0 Å². The van der Waals surface area contributed by atoms with Crippen LogP contribution in [0.3, 0.4) is 0 Å². The smallest absolute Gasteiger partial charge is 0.410 e. The summed E-state index contributed by atoms with van der Waals surface area (Å²) in [6.45, 7) is 6.15. The predicted molar refractivity (Wildman–Crippen MR) is 62.8 cm³/mol. The summed E-state index contributed by atoms with van der Waals surface area (Å²) in [6.07, 6.45) is 2.07. The third-order valence-electron chi connectivity index (χ3n) is 2.70. The Morgan fingerprint density at radius 3 is 2.59 bits per heavy atom. The monoisotopic (exact) mass is 243 g/mol. The highest BCUT2D eigenvalue weighted by Crippen LogP contribution is 2.23. The summed E-state index contributed by atoms with van der Waals surface area (Å²) in [5, 5.41) is 8.65. The fraction of sp³-hybridized carbons (Fsp3) is 0.833. The van der Waals surface area contributed by atoms with Crippen LogP contribution in [0.2, 0.25) is 0 Å². The number of ether oxygens (including phenoxy) is 1. The molecular formula is C12H21NO4. The van der Waals surface area contributed by atoms with E-state index in [0.29, 0.717) is 13.0 Å². The topological polar surface area (TPSA) is 66.8 Å². The van der Waals surface area contributed by atoms with Gasteiger partial charge in [0, 0.05) is 19.0 Å². The summed E-state index contributed by atoms with van der Waals surface area (Å²) < 4.78 is 5.30. The van der Waals surface area contributed by atoms with E-state index in [1.54, 1.807) is 4.90 Å². The Labute approximate surface area is 102 Å². The van der Waals surface area contributed by atoms with Crippen LogP contribution in [0, 0.1) is 0 Å². The summed E-state index contributed by atoms with van der Waals surface area (Å²) in [7, 11) is 0. The van der Waals surface area contributed by atoms with Gasteiger partial charge in [0.15, 0.2) is 0 Å². The van der Waals surface area contributed by atoms with Crippen LogP contribution in [-0.4, -0.2) is 40.3 Å². The molecule has 1 heterocycles. The van der Waals surface area contributed by atoms with Crippen LogP contribution >= 0.6 is 0 Å². The first-order valence-electron chi connectivity index (χ1n) is 6.01. The van der Waals surface area contributed by atoms with Gasteiger partial charge in [-0.05, 0) is 40.0 Å². The molecule has 1 rings (SSSR count). The van der Waals surface area contributed by atoms with E-state index >= 15 is 0 Å². The SMILES string of the molecule is CC(C)(C)OC(=O)N1CCC[C@@H]1CCC(=O)O. The van der Waals surface area contributed by atoms with Crippen molar-refractivity contribution in [1.29, 1.82) is 0 Å². The van der Waals surface area contributed by atoms with Crippen molar-refractivity contribution in [2.24, 2.45) is 0 Å². The molecule has 1 amide bonds. The molecule has 0 spiro atoms. The van der Waals surface area contributed by atoms with Crippen molar-refractivity contribution in [1.82, 2.24) is 4.90 Å². The Morgan fingerprint density at radius 1 is 1.41 bits per heavy atom. The lowest BCUT2D eigenvalue weighted by Crippen LogP contribution is -2.39. The molecule has 1 aliphatic heterocycles. The highest BCUT2D eigenvalue weighted by Gasteiger charge is 2.32. The average molecular weight is 243 g/mol. The zero-order valence-corrected chi connectivity index (χ0v) is 10.7. The number of carboxylic acids is 1. The zero-order valence-electron chi connectivity index (χ0n) is 10.7. The Morgan fingerprint density at radius 2 is 2.06 bits per heavy atom. The molecule has 0 radical (unpaired) electrons. The van der Waals surface area contributed by atoms with Crippen molar-refractivity contribution in [3.8, 4) is 0 Å². The number of nitrogens with zero attached hydrogens (tertiary/aromatic N) is 1. The number of aliphatic carboxylic acids is 1. The number of amides is 1. The van der Waals surface area contributed by atoms with Crippen LogP contribution in [0.4, 0.5) is 4.79 Å². The molecule has 0 aromatic carbocycles. The molecule has 1 atom stereocenters. The van der Waals surface area contributed by atoms with Crippen molar-refractivity contribution in [3.05, 3.63) is 0 Å². The maximum absolute atomic E-state index is 11.9. The molecule has 1 fully saturated rings. The first-order chi connectivity index (χ1) is 7.79. The summed E-state index contributed by atoms with van der Waals surface area (Å²) >= 11 is 0. The van der Waals surface area contributed by atoms with E-state index in [-0.39, 0.29) is 18.6 Å². The third-order valence-corrected chi connectivity index (χ3v) is 2.70. The zero-order chi connectivity index (χ0) is 13.1. The van der Waals surface area contributed by atoms with Gasteiger partial charge in [-0.15, -0.1) is 0 Å². The van der Waals surface area contributed by atoms with Gasteiger partial charge in [-0.25, -0.2) is 4.79 Å². The number of carbonyl (C=O) groups excluding carboxylic acids is 1. The Hall–Kier alpha value is -1.26. The molecule has 98 valence electrons. The van der Waals surface area contributed by atoms with Gasteiger partial charge in [-0.3, -0.25) is 4.79 Å². The van der Waals surface area contributed by atoms with Crippen LogP contribution in [-0.2, 0) is 9.53 Å². The number of likely N-dealkylation sites (tertiary alicyclic amines) is 1. The minimum atomic E-state index is -0.818. The number of carbonyl (C=O) groups is 2. The summed E-state index contributed by atoms with van der Waals surface area (Å²) in [5.41, 5.74) is -0.503. The fourth-order valence-corrected chi connectivity index (χ4v) is 1.99. The van der Waals surface area contributed by atoms with Gasteiger partial charge in [0.25, 0.3) is 0 Å². The maximum Gasteiger partial charge on any atom is 0.410 e. The van der Waals surface area contributed by atoms with E-state index in [4.69, 9.17) is 9.84 Å². The summed E-state index contributed by atoms with van der Waals surface area (Å²) in [4.78, 5) is 24.1. The standard InChI is InChI=1S/C12H21NO4/c1-12(2,3)17-11(16)13-8-4-5-9(13)6-7-10(14)15/h9H,4-8H2,1-3H3,(H,14,15)/t9-/m1/s1. The first-order valence-corrected chi connectivity index (χ1v) is 6.01. The normalized spacial score (nSPS) is 20.4. The minimum Gasteiger partial charge on any atom is -0.481 e. The number of carboxylic acid groups (broad SMARTS) is 1. The molecule has 0 aromatic heterocycles. The van der Waals surface area contributed by atoms with Crippen LogP contribution < -0.4 is 0 Å². The van der Waals surface area contributed by atoms with Gasteiger partial charge in [0.1, 0.15) is 5.60 Å². The van der Waals surface area contributed by atoms with Crippen molar-refractivity contribution < 1.29 is 19.4 Å². The fourth-order valence-electron chi connectivity index (χ4n) is 1.99. The molecule has 5 nitrogen and oxygen atoms in total. The molecular weight excluding hydrogens is 222 g/mol. The second kappa shape index (κ2) is 5.38. The van der Waals surface area contributed by atoms with Gasteiger partial charge in [-0.1, -0.05) is 0 Å². The van der Waals surface area contributed by atoms with Crippen LogP contribution in [0.15, 0.2) is 0 Å². The van der Waals surface area contributed by atoms with E-state index in [2.05, 4.69) is 0 Å². The highest BCUT2D eigenvalue weighted by molar-refractivity contribution is 5.69. The Balaban J connectivity index is 2.51. The van der Waals surface area contributed by atoms with E-state index in [0.717, 1.165) is 12.8 Å². The molecule has 5 heteroatoms. The molecule has 0 unspecified atom stereocenters. The lowest BCUT2D eigenvalue weighted by molar-refractivity contribution is -0.137. The molecule has 17 heavy (non-hydrogen) atoms. The molecule has 1 aliphatic rings. The van der Waals surface area contributed by atoms with E-state index < -0.39 is 11.6 Å². The molecule has 1 N–H and O–H groups in total. The van der Waals surface area contributed by atoms with E-state index in [1.165, 1.54) is 0 Å². The van der Waals surface area contributed by atoms with E-state index in [1.807, 2.05) is 20.8 Å². The van der Waals surface area contributed by atoms with Crippen molar-refractivity contribution >= 4 is 12.1 Å². The largest absolute Gasteiger partial charge is 0.481 e. The molecule has 0 aromatic rings. The second-order valence-corrected chi connectivity index (χ2v) is 5.40. The number of hydrogen-bond acceptors (Lipinski definition) is 3.